The molecular weight excluding hydrogens is 296 g/mol. The second-order valence-electron chi connectivity index (χ2n) is 4.80. The largest absolute Gasteiger partial charge is 0.360 e. The maximum atomic E-state index is 12.1. The van der Waals surface area contributed by atoms with Crippen LogP contribution in [0.15, 0.2) is 59.8 Å². The van der Waals surface area contributed by atoms with Gasteiger partial charge < -0.3 is 4.98 Å². The predicted octanol–water partition coefficient (Wildman–Crippen LogP) is 2.84. The van der Waals surface area contributed by atoms with E-state index in [0.717, 1.165) is 10.9 Å². The number of hydrazone groups is 1. The first-order chi connectivity index (χ1) is 11.1. The molecule has 7 nitrogen and oxygen atoms in total. The molecule has 2 N–H and O–H groups in total. The number of carbonyl (C=O) groups is 1. The first kappa shape index (κ1) is 14.5. The lowest BCUT2D eigenvalue weighted by atomic mass is 10.2. The molecule has 0 aliphatic rings. The van der Waals surface area contributed by atoms with Gasteiger partial charge in [-0.1, -0.05) is 18.2 Å². The van der Waals surface area contributed by atoms with Crippen LogP contribution in [0.5, 0.6) is 0 Å². The third-order valence-corrected chi connectivity index (χ3v) is 3.32. The van der Waals surface area contributed by atoms with Crippen LogP contribution in [0.2, 0.25) is 0 Å². The van der Waals surface area contributed by atoms with E-state index in [1.165, 1.54) is 18.3 Å². The fourth-order valence-electron chi connectivity index (χ4n) is 2.17. The van der Waals surface area contributed by atoms with Crippen LogP contribution in [0.3, 0.4) is 0 Å². The minimum Gasteiger partial charge on any atom is -0.360 e. The van der Waals surface area contributed by atoms with E-state index in [1.807, 2.05) is 24.3 Å². The Bertz CT molecular complexity index is 897. The quantitative estimate of drug-likeness (QED) is 0.440. The summed E-state index contributed by atoms with van der Waals surface area (Å²) in [5, 5.41) is 15.3. The molecule has 0 aliphatic heterocycles. The third-order valence-electron chi connectivity index (χ3n) is 3.32. The van der Waals surface area contributed by atoms with Gasteiger partial charge >= 0.3 is 0 Å². The van der Waals surface area contributed by atoms with Crippen molar-refractivity contribution in [2.45, 2.75) is 0 Å². The number of amides is 1. The number of rotatable bonds is 4. The summed E-state index contributed by atoms with van der Waals surface area (Å²) in [6, 6.07) is 13.3. The van der Waals surface area contributed by atoms with Crippen molar-refractivity contribution < 1.29 is 9.72 Å². The van der Waals surface area contributed by atoms with Crippen molar-refractivity contribution in [3.05, 3.63) is 76.0 Å². The number of H-pyrrole nitrogens is 1. The number of hydrogen-bond donors (Lipinski definition) is 2. The molecule has 0 aliphatic carbocycles. The zero-order valence-electron chi connectivity index (χ0n) is 11.9. The van der Waals surface area contributed by atoms with Gasteiger partial charge in [0.05, 0.1) is 16.7 Å². The Morgan fingerprint density at radius 1 is 1.17 bits per heavy atom. The Kier molecular flexibility index (Phi) is 3.84. The Morgan fingerprint density at radius 2 is 1.91 bits per heavy atom. The van der Waals surface area contributed by atoms with Crippen molar-refractivity contribution in [1.82, 2.24) is 10.4 Å². The van der Waals surface area contributed by atoms with E-state index in [0.29, 0.717) is 11.1 Å². The Balaban J connectivity index is 1.70. The van der Waals surface area contributed by atoms with Gasteiger partial charge in [0.25, 0.3) is 11.6 Å². The number of non-ortho nitro benzene ring substituents is 1. The highest BCUT2D eigenvalue weighted by atomic mass is 16.6. The van der Waals surface area contributed by atoms with E-state index in [-0.39, 0.29) is 11.6 Å². The molecule has 0 unspecified atom stereocenters. The van der Waals surface area contributed by atoms with E-state index in [9.17, 15) is 14.9 Å². The van der Waals surface area contributed by atoms with Crippen LogP contribution < -0.4 is 5.43 Å². The van der Waals surface area contributed by atoms with Crippen LogP contribution in [-0.4, -0.2) is 22.0 Å². The molecule has 0 fully saturated rings. The molecule has 7 heteroatoms. The summed E-state index contributed by atoms with van der Waals surface area (Å²) in [4.78, 5) is 25.2. The zero-order chi connectivity index (χ0) is 16.2. The maximum Gasteiger partial charge on any atom is 0.273 e. The average Bonchev–Trinajstić information content (AvgIpc) is 2.99. The first-order valence-electron chi connectivity index (χ1n) is 6.79. The molecule has 0 radical (unpaired) electrons. The van der Waals surface area contributed by atoms with Gasteiger partial charge in [0.15, 0.2) is 0 Å². The number of aromatic nitrogens is 1. The van der Waals surface area contributed by atoms with Crippen molar-refractivity contribution in [1.29, 1.82) is 0 Å². The number of fused-ring (bicyclic) bond motifs is 1. The number of nitro groups is 1. The molecule has 0 saturated carbocycles. The van der Waals surface area contributed by atoms with Gasteiger partial charge in [0.2, 0.25) is 0 Å². The van der Waals surface area contributed by atoms with Crippen molar-refractivity contribution in [2.75, 3.05) is 0 Å². The van der Waals surface area contributed by atoms with Gasteiger partial charge in [0.1, 0.15) is 0 Å². The predicted molar refractivity (Wildman–Crippen MR) is 86.5 cm³/mol. The molecule has 0 spiro atoms. The van der Waals surface area contributed by atoms with Crippen LogP contribution in [-0.2, 0) is 0 Å². The number of benzene rings is 2. The van der Waals surface area contributed by atoms with Gasteiger partial charge in [-0.15, -0.1) is 0 Å². The fourth-order valence-corrected chi connectivity index (χ4v) is 2.17. The lowest BCUT2D eigenvalue weighted by molar-refractivity contribution is -0.384. The van der Waals surface area contributed by atoms with Crippen molar-refractivity contribution in [3.63, 3.8) is 0 Å². The number of para-hydroxylation sites is 1. The molecule has 3 aromatic rings. The Labute approximate surface area is 130 Å². The highest BCUT2D eigenvalue weighted by molar-refractivity contribution is 6.06. The van der Waals surface area contributed by atoms with E-state index < -0.39 is 4.92 Å². The summed E-state index contributed by atoms with van der Waals surface area (Å²) in [6.07, 6.45) is 3.05. The van der Waals surface area contributed by atoms with E-state index in [1.54, 1.807) is 18.3 Å². The van der Waals surface area contributed by atoms with Crippen molar-refractivity contribution in [2.24, 2.45) is 5.10 Å². The molecule has 1 heterocycles. The smallest absolute Gasteiger partial charge is 0.273 e. The van der Waals surface area contributed by atoms with Gasteiger partial charge in [-0.3, -0.25) is 14.9 Å². The van der Waals surface area contributed by atoms with Gasteiger partial charge in [-0.05, 0) is 23.8 Å². The molecule has 23 heavy (non-hydrogen) atoms. The summed E-state index contributed by atoms with van der Waals surface area (Å²) in [6.45, 7) is 0. The van der Waals surface area contributed by atoms with E-state index >= 15 is 0 Å². The number of carbonyl (C=O) groups excluding carboxylic acids is 1. The van der Waals surface area contributed by atoms with Crippen LogP contribution in [0, 0.1) is 10.1 Å². The molecule has 3 rings (SSSR count). The molecule has 2 aromatic carbocycles. The summed E-state index contributed by atoms with van der Waals surface area (Å²) in [5.74, 6) is -0.333. The Hall–Kier alpha value is -3.48. The van der Waals surface area contributed by atoms with E-state index in [2.05, 4.69) is 15.5 Å². The normalized spacial score (nSPS) is 11.0. The summed E-state index contributed by atoms with van der Waals surface area (Å²) in [7, 11) is 0. The van der Waals surface area contributed by atoms with Gasteiger partial charge in [-0.25, -0.2) is 5.43 Å². The topological polar surface area (TPSA) is 100 Å². The fraction of sp³-hybridized carbons (Fsp3) is 0. The third kappa shape index (κ3) is 3.08. The van der Waals surface area contributed by atoms with Crippen LogP contribution in [0.1, 0.15) is 15.9 Å². The molecule has 0 saturated heterocycles. The summed E-state index contributed by atoms with van der Waals surface area (Å²) < 4.78 is 0. The van der Waals surface area contributed by atoms with E-state index in [4.69, 9.17) is 0 Å². The lowest BCUT2D eigenvalue weighted by Gasteiger charge is -1.98. The van der Waals surface area contributed by atoms with Crippen LogP contribution in [0.4, 0.5) is 5.69 Å². The van der Waals surface area contributed by atoms with Crippen molar-refractivity contribution >= 4 is 28.7 Å². The van der Waals surface area contributed by atoms with Gasteiger partial charge in [0, 0.05) is 29.2 Å². The monoisotopic (exact) mass is 308 g/mol. The zero-order valence-corrected chi connectivity index (χ0v) is 11.9. The highest BCUT2D eigenvalue weighted by Crippen LogP contribution is 2.17. The molecule has 0 atom stereocenters. The Morgan fingerprint density at radius 3 is 2.65 bits per heavy atom. The minimum absolute atomic E-state index is 0.00461. The molecule has 0 bridgehead atoms. The van der Waals surface area contributed by atoms with Gasteiger partial charge in [-0.2, -0.15) is 5.10 Å². The van der Waals surface area contributed by atoms with Crippen LogP contribution in [0.25, 0.3) is 10.9 Å². The lowest BCUT2D eigenvalue weighted by Crippen LogP contribution is -2.17. The molecule has 114 valence electrons. The highest BCUT2D eigenvalue weighted by Gasteiger charge is 2.10. The summed E-state index contributed by atoms with van der Waals surface area (Å²) >= 11 is 0. The number of hydrogen-bond acceptors (Lipinski definition) is 4. The number of nitro benzene ring substituents is 1. The minimum atomic E-state index is -0.473. The number of nitrogens with one attached hydrogen (secondary N) is 2. The second-order valence-corrected chi connectivity index (χ2v) is 4.80. The van der Waals surface area contributed by atoms with Crippen LogP contribution >= 0.6 is 0 Å². The molecular formula is C16H12N4O3. The SMILES string of the molecule is O=C(NN=Cc1ccc([N+](=O)[O-])cc1)c1c[nH]c2ccccc12. The first-order valence-corrected chi connectivity index (χ1v) is 6.79. The summed E-state index contributed by atoms with van der Waals surface area (Å²) in [5.41, 5.74) is 4.47. The average molecular weight is 308 g/mol. The standard InChI is InChI=1S/C16H12N4O3/c21-16(14-10-17-15-4-2-1-3-13(14)15)19-18-9-11-5-7-12(8-6-11)20(22)23/h1-10,17H,(H,19,21). The number of nitrogens with zero attached hydrogens (tertiary/aromatic N) is 2. The maximum absolute atomic E-state index is 12.1. The number of aromatic amines is 1. The molecule has 1 aromatic heterocycles. The second kappa shape index (κ2) is 6.10. The molecule has 1 amide bonds. The van der Waals surface area contributed by atoms with Crippen molar-refractivity contribution in [3.8, 4) is 0 Å².